The molecule has 0 nitrogen and oxygen atoms in total. The Morgan fingerprint density at radius 3 is 1.13 bits per heavy atom. The summed E-state index contributed by atoms with van der Waals surface area (Å²) in [6, 6.07) is 52.2. The van der Waals surface area contributed by atoms with Crippen molar-refractivity contribution in [1.82, 2.24) is 0 Å². The van der Waals surface area contributed by atoms with Crippen LogP contribution in [0.25, 0.3) is 65.3 Å². The Hall–Kier alpha value is -3.61. The first-order valence-corrected chi connectivity index (χ1v) is 16.4. The average Bonchev–Trinajstić information content (AvgIpc) is 3.55. The number of fused-ring (bicyclic) bond motifs is 4. The van der Waals surface area contributed by atoms with E-state index in [0.29, 0.717) is 0 Å². The Labute approximate surface area is 300 Å². The van der Waals surface area contributed by atoms with Crippen molar-refractivity contribution in [2.75, 3.05) is 0 Å². The molecule has 0 N–H and O–H groups in total. The van der Waals surface area contributed by atoms with E-state index >= 15 is 0 Å². The van der Waals surface area contributed by atoms with Gasteiger partial charge in [0.05, 0.1) is 0 Å². The molecule has 228 valence electrons. The van der Waals surface area contributed by atoms with Gasteiger partial charge in [0.1, 0.15) is 0 Å². The fourth-order valence-corrected chi connectivity index (χ4v) is 6.34. The van der Waals surface area contributed by atoms with Crippen LogP contribution in [-0.4, -0.2) is 3.21 Å². The number of hydrogen-bond acceptors (Lipinski definition) is 0. The van der Waals surface area contributed by atoms with Gasteiger partial charge < -0.3 is 24.8 Å². The van der Waals surface area contributed by atoms with Gasteiger partial charge in [-0.3, -0.25) is 0 Å². The zero-order chi connectivity index (χ0) is 30.6. The zero-order valence-electron chi connectivity index (χ0n) is 26.6. The van der Waals surface area contributed by atoms with Gasteiger partial charge in [0.2, 0.25) is 0 Å². The Bertz CT molecular complexity index is 2080. The Morgan fingerprint density at radius 2 is 0.739 bits per heavy atom. The summed E-state index contributed by atoms with van der Waals surface area (Å²) in [5, 5.41) is 10.6. The van der Waals surface area contributed by atoms with Crippen LogP contribution >= 0.6 is 0 Å². The van der Waals surface area contributed by atoms with Crippen LogP contribution in [0.15, 0.2) is 146 Å². The van der Waals surface area contributed by atoms with Crippen molar-refractivity contribution < 1.29 is 49.0 Å². The number of aryl methyl sites for hydroxylation is 2. The quantitative estimate of drug-likeness (QED) is 0.189. The molecule has 0 spiro atoms. The average molecular weight is 715 g/mol. The van der Waals surface area contributed by atoms with Gasteiger partial charge in [-0.05, 0) is 21.5 Å². The van der Waals surface area contributed by atoms with Crippen molar-refractivity contribution in [3.8, 4) is 22.3 Å². The minimum Gasteiger partial charge on any atom is -1.00 e. The van der Waals surface area contributed by atoms with Crippen molar-refractivity contribution in [2.45, 2.75) is 27.7 Å². The third-order valence-electron chi connectivity index (χ3n) is 8.11. The molecule has 0 aliphatic heterocycles. The van der Waals surface area contributed by atoms with Gasteiger partial charge >= 0.3 is 41.3 Å². The number of halogens is 2. The number of rotatable bonds is 2. The molecule has 0 fully saturated rings. The smallest absolute Gasteiger partial charge is 0.0186 e. The predicted molar refractivity (Wildman–Crippen MR) is 191 cm³/mol. The third-order valence-corrected chi connectivity index (χ3v) is 8.11. The standard InChI is InChI=1S/2C20H15.C3H6.2ClH.Zr/c2*1-14-13-16-8-3-5-11-18(16)20(14)19-12-6-9-15-7-2-4-10-17(15)19;1-3-2;;;/h2*2-13H,1H3;1-2H3;2*1H;/q2*-1;;;;+2/p-2. The molecule has 0 saturated carbocycles. The van der Waals surface area contributed by atoms with Crippen molar-refractivity contribution in [1.29, 1.82) is 0 Å². The van der Waals surface area contributed by atoms with Gasteiger partial charge in [0.15, 0.2) is 0 Å². The normalized spacial score (nSPS) is 10.4. The Balaban J connectivity index is 0.000000180. The van der Waals surface area contributed by atoms with Crippen LogP contribution in [0.1, 0.15) is 25.0 Å². The molecule has 8 rings (SSSR count). The molecule has 8 aromatic carbocycles. The molecule has 0 aliphatic carbocycles. The molecular weight excluding hydrogens is 679 g/mol. The predicted octanol–water partition coefficient (Wildman–Crippen LogP) is 6.13. The topological polar surface area (TPSA) is 0 Å². The Morgan fingerprint density at radius 1 is 0.435 bits per heavy atom. The monoisotopic (exact) mass is 712 g/mol. The summed E-state index contributed by atoms with van der Waals surface area (Å²) in [6.07, 6.45) is 0. The molecule has 0 aromatic heterocycles. The van der Waals surface area contributed by atoms with Crippen LogP contribution in [0, 0.1) is 13.8 Å². The van der Waals surface area contributed by atoms with Crippen LogP contribution in [0.4, 0.5) is 0 Å². The number of benzene rings is 6. The van der Waals surface area contributed by atoms with E-state index in [0.717, 1.165) is 0 Å². The van der Waals surface area contributed by atoms with Crippen molar-refractivity contribution in [3.63, 3.8) is 0 Å². The van der Waals surface area contributed by atoms with E-state index < -0.39 is 0 Å². The maximum atomic E-state index is 2.28. The summed E-state index contributed by atoms with van der Waals surface area (Å²) in [4.78, 5) is 0. The molecule has 8 aromatic rings. The van der Waals surface area contributed by atoms with Crippen molar-refractivity contribution in [2.24, 2.45) is 0 Å². The van der Waals surface area contributed by atoms with E-state index in [4.69, 9.17) is 0 Å². The van der Waals surface area contributed by atoms with Gasteiger partial charge in [-0.25, -0.2) is 0 Å². The summed E-state index contributed by atoms with van der Waals surface area (Å²) in [5.74, 6) is 0. The van der Waals surface area contributed by atoms with Gasteiger partial charge in [-0.2, -0.15) is 0 Å². The summed E-state index contributed by atoms with van der Waals surface area (Å²) in [5.41, 5.74) is 8.11. The third kappa shape index (κ3) is 7.34. The van der Waals surface area contributed by atoms with Crippen molar-refractivity contribution >= 4 is 46.3 Å². The minimum atomic E-state index is 0. The van der Waals surface area contributed by atoms with Crippen LogP contribution < -0.4 is 24.8 Å². The summed E-state index contributed by atoms with van der Waals surface area (Å²) in [6.45, 7) is 8.66. The summed E-state index contributed by atoms with van der Waals surface area (Å²) in [7, 11) is 0. The summed E-state index contributed by atoms with van der Waals surface area (Å²) < 4.78 is 1.51. The van der Waals surface area contributed by atoms with Gasteiger partial charge in [-0.1, -0.05) is 122 Å². The SMILES string of the molecule is C[C](C)=[Zr+2].Cc1[cH-]c2ccccc2c1-c1cccc2ccccc12.Cc1[cH-]c2ccccc2c1-c1cccc2ccccc12.[Cl-].[Cl-]. The van der Waals surface area contributed by atoms with E-state index in [1.54, 1.807) is 24.2 Å². The molecule has 0 heterocycles. The minimum absolute atomic E-state index is 0. The van der Waals surface area contributed by atoms with Crippen LogP contribution in [0.2, 0.25) is 0 Å². The van der Waals surface area contributed by atoms with Crippen LogP contribution in [0.3, 0.4) is 0 Å². The van der Waals surface area contributed by atoms with E-state index in [1.807, 2.05) is 0 Å². The maximum Gasteiger partial charge on any atom is -0.0186 e. The summed E-state index contributed by atoms with van der Waals surface area (Å²) >= 11 is 1.55. The molecule has 3 heteroatoms. The van der Waals surface area contributed by atoms with Crippen LogP contribution in [-0.2, 0) is 24.2 Å². The van der Waals surface area contributed by atoms with E-state index in [1.165, 1.54) is 79.7 Å². The first kappa shape index (κ1) is 35.3. The zero-order valence-corrected chi connectivity index (χ0v) is 30.6. The molecule has 0 bridgehead atoms. The first-order chi connectivity index (χ1) is 21.4. The van der Waals surface area contributed by atoms with E-state index in [2.05, 4.69) is 173 Å². The molecule has 0 saturated heterocycles. The molecule has 46 heavy (non-hydrogen) atoms. The van der Waals surface area contributed by atoms with Crippen LogP contribution in [0.5, 0.6) is 0 Å². The van der Waals surface area contributed by atoms with Crippen molar-refractivity contribution in [3.05, 3.63) is 157 Å². The van der Waals surface area contributed by atoms with Gasteiger partial charge in [0, 0.05) is 0 Å². The molecule has 0 aliphatic rings. The van der Waals surface area contributed by atoms with Gasteiger partial charge in [-0.15, -0.1) is 92.3 Å². The second-order valence-corrected chi connectivity index (χ2v) is 14.1. The second kappa shape index (κ2) is 15.8. The maximum absolute atomic E-state index is 2.28. The largest absolute Gasteiger partial charge is 1.00 e. The van der Waals surface area contributed by atoms with Gasteiger partial charge in [0.25, 0.3) is 0 Å². The fraction of sp³-hybridized carbons (Fsp3) is 0.0930. The molecular formula is C43H36Cl2Zr-2. The van der Waals surface area contributed by atoms with E-state index in [9.17, 15) is 0 Å². The molecule has 0 amide bonds. The Kier molecular flexibility index (Phi) is 12.1. The molecule has 0 unspecified atom stereocenters. The molecule has 0 atom stereocenters. The first-order valence-electron chi connectivity index (χ1n) is 15.2. The van der Waals surface area contributed by atoms with E-state index in [-0.39, 0.29) is 24.8 Å². The number of hydrogen-bond donors (Lipinski definition) is 0. The molecule has 0 radical (unpaired) electrons. The fourth-order valence-electron chi connectivity index (χ4n) is 6.34. The second-order valence-electron chi connectivity index (χ2n) is 11.6.